The van der Waals surface area contributed by atoms with Crippen LogP contribution in [-0.2, 0) is 9.53 Å². The molecule has 1 heterocycles. The van der Waals surface area contributed by atoms with Gasteiger partial charge in [-0.25, -0.2) is 0 Å². The third kappa shape index (κ3) is 3.85. The van der Waals surface area contributed by atoms with E-state index in [1.54, 1.807) is 0 Å². The van der Waals surface area contributed by atoms with Gasteiger partial charge in [0, 0.05) is 11.1 Å². The highest BCUT2D eigenvalue weighted by atomic mass is 35.5. The van der Waals surface area contributed by atoms with Gasteiger partial charge in [0.05, 0.1) is 13.0 Å². The standard InChI is InChI=1S/C14H18ClNO2.ClH/c1-18-14(17)13(12-8-4-5-9-16-12)10-6-2-3-7-11(10)15;/h2-3,6-7,12-13,16H,4-5,8-9H2,1H3;1H/t12-,13-;/m0./s1. The molecule has 0 aromatic heterocycles. The van der Waals surface area contributed by atoms with Crippen LogP contribution in [-0.4, -0.2) is 25.7 Å². The first-order valence-electron chi connectivity index (χ1n) is 6.29. The Morgan fingerprint density at radius 2 is 2.16 bits per heavy atom. The number of carbonyl (C=O) groups is 1. The molecule has 1 saturated heterocycles. The van der Waals surface area contributed by atoms with Crippen molar-refractivity contribution in [3.05, 3.63) is 34.9 Å². The minimum absolute atomic E-state index is 0. The topological polar surface area (TPSA) is 38.3 Å². The first-order chi connectivity index (χ1) is 8.74. The zero-order valence-electron chi connectivity index (χ0n) is 10.9. The van der Waals surface area contributed by atoms with Crippen LogP contribution < -0.4 is 5.32 Å². The predicted octanol–water partition coefficient (Wildman–Crippen LogP) is 3.16. The summed E-state index contributed by atoms with van der Waals surface area (Å²) >= 11 is 6.20. The van der Waals surface area contributed by atoms with Gasteiger partial charge < -0.3 is 10.1 Å². The van der Waals surface area contributed by atoms with Crippen molar-refractivity contribution in [3.63, 3.8) is 0 Å². The number of halogens is 2. The summed E-state index contributed by atoms with van der Waals surface area (Å²) in [6.07, 6.45) is 3.27. The van der Waals surface area contributed by atoms with Crippen LogP contribution in [0.1, 0.15) is 30.7 Å². The minimum Gasteiger partial charge on any atom is -0.469 e. The first kappa shape index (κ1) is 16.3. The number of ether oxygens (including phenoxy) is 1. The highest BCUT2D eigenvalue weighted by Gasteiger charge is 2.32. The van der Waals surface area contributed by atoms with Crippen molar-refractivity contribution < 1.29 is 9.53 Å². The molecule has 1 aliphatic rings. The highest BCUT2D eigenvalue weighted by Crippen LogP contribution is 2.31. The molecule has 0 aliphatic carbocycles. The van der Waals surface area contributed by atoms with Gasteiger partial charge in [-0.1, -0.05) is 36.2 Å². The second-order valence-corrected chi connectivity index (χ2v) is 4.99. The molecule has 0 spiro atoms. The van der Waals surface area contributed by atoms with Crippen LogP contribution in [0.5, 0.6) is 0 Å². The maximum Gasteiger partial charge on any atom is 0.314 e. The van der Waals surface area contributed by atoms with Gasteiger partial charge in [-0.3, -0.25) is 4.79 Å². The van der Waals surface area contributed by atoms with Gasteiger partial charge in [0.2, 0.25) is 0 Å². The monoisotopic (exact) mass is 303 g/mol. The highest BCUT2D eigenvalue weighted by molar-refractivity contribution is 6.31. The molecule has 1 N–H and O–H groups in total. The van der Waals surface area contributed by atoms with E-state index in [1.165, 1.54) is 7.11 Å². The van der Waals surface area contributed by atoms with Gasteiger partial charge >= 0.3 is 5.97 Å². The zero-order valence-corrected chi connectivity index (χ0v) is 12.5. The summed E-state index contributed by atoms with van der Waals surface area (Å²) in [4.78, 5) is 12.0. The molecule has 2 atom stereocenters. The summed E-state index contributed by atoms with van der Waals surface area (Å²) in [5.41, 5.74) is 0.852. The van der Waals surface area contributed by atoms with E-state index in [0.717, 1.165) is 31.4 Å². The van der Waals surface area contributed by atoms with Crippen molar-refractivity contribution in [3.8, 4) is 0 Å². The second kappa shape index (κ2) is 7.73. The van der Waals surface area contributed by atoms with Gasteiger partial charge in [0.15, 0.2) is 0 Å². The molecule has 0 unspecified atom stereocenters. The van der Waals surface area contributed by atoms with Gasteiger partial charge in [-0.05, 0) is 31.0 Å². The molecule has 3 nitrogen and oxygen atoms in total. The van der Waals surface area contributed by atoms with Crippen molar-refractivity contribution in [1.29, 1.82) is 0 Å². The SMILES string of the molecule is COC(=O)[C@@H](c1ccccc1Cl)[C@@H]1CCCCN1.Cl. The van der Waals surface area contributed by atoms with E-state index >= 15 is 0 Å². The van der Waals surface area contributed by atoms with Gasteiger partial charge in [-0.2, -0.15) is 0 Å². The Kier molecular flexibility index (Phi) is 6.63. The quantitative estimate of drug-likeness (QED) is 0.872. The average Bonchev–Trinajstić information content (AvgIpc) is 2.42. The molecular weight excluding hydrogens is 285 g/mol. The summed E-state index contributed by atoms with van der Waals surface area (Å²) in [6.45, 7) is 0.947. The molecule has 1 fully saturated rings. The Hall–Kier alpha value is -0.770. The maximum absolute atomic E-state index is 12.0. The smallest absolute Gasteiger partial charge is 0.314 e. The van der Waals surface area contributed by atoms with E-state index in [2.05, 4.69) is 5.32 Å². The number of carbonyl (C=O) groups excluding carboxylic acids is 1. The van der Waals surface area contributed by atoms with Gasteiger partial charge in [-0.15, -0.1) is 12.4 Å². The summed E-state index contributed by atoms with van der Waals surface area (Å²) in [5, 5.41) is 4.03. The Bertz CT molecular complexity index is 420. The third-order valence-electron chi connectivity index (χ3n) is 3.45. The largest absolute Gasteiger partial charge is 0.469 e. The van der Waals surface area contributed by atoms with E-state index in [1.807, 2.05) is 24.3 Å². The Morgan fingerprint density at radius 1 is 1.42 bits per heavy atom. The fourth-order valence-corrected chi connectivity index (χ4v) is 2.78. The molecule has 106 valence electrons. The summed E-state index contributed by atoms with van der Waals surface area (Å²) < 4.78 is 4.94. The Morgan fingerprint density at radius 3 is 2.74 bits per heavy atom. The second-order valence-electron chi connectivity index (χ2n) is 4.58. The van der Waals surface area contributed by atoms with Crippen molar-refractivity contribution in [2.75, 3.05) is 13.7 Å². The van der Waals surface area contributed by atoms with Crippen LogP contribution in [0.3, 0.4) is 0 Å². The van der Waals surface area contributed by atoms with Crippen LogP contribution in [0.25, 0.3) is 0 Å². The molecule has 19 heavy (non-hydrogen) atoms. The van der Waals surface area contributed by atoms with E-state index in [4.69, 9.17) is 16.3 Å². The summed E-state index contributed by atoms with van der Waals surface area (Å²) in [6, 6.07) is 7.61. The number of piperidine rings is 1. The Balaban J connectivity index is 0.00000180. The fraction of sp³-hybridized carbons (Fsp3) is 0.500. The van der Waals surface area contributed by atoms with E-state index < -0.39 is 0 Å². The van der Waals surface area contributed by atoms with Crippen LogP contribution in [0.15, 0.2) is 24.3 Å². The van der Waals surface area contributed by atoms with Crippen molar-refractivity contribution in [2.45, 2.75) is 31.2 Å². The van der Waals surface area contributed by atoms with Crippen LogP contribution in [0.2, 0.25) is 5.02 Å². The van der Waals surface area contributed by atoms with Crippen LogP contribution >= 0.6 is 24.0 Å². The lowest BCUT2D eigenvalue weighted by Gasteiger charge is -2.30. The molecule has 0 amide bonds. The van der Waals surface area contributed by atoms with Crippen molar-refractivity contribution >= 4 is 30.0 Å². The number of hydrogen-bond acceptors (Lipinski definition) is 3. The normalized spacial score (nSPS) is 20.2. The number of rotatable bonds is 3. The summed E-state index contributed by atoms with van der Waals surface area (Å²) in [7, 11) is 1.43. The fourth-order valence-electron chi connectivity index (χ4n) is 2.53. The molecule has 1 aromatic carbocycles. The number of esters is 1. The molecule has 0 radical (unpaired) electrons. The van der Waals surface area contributed by atoms with Crippen LogP contribution in [0, 0.1) is 0 Å². The van der Waals surface area contributed by atoms with E-state index in [9.17, 15) is 4.79 Å². The minimum atomic E-state index is -0.316. The van der Waals surface area contributed by atoms with Gasteiger partial charge in [0.1, 0.15) is 0 Å². The van der Waals surface area contributed by atoms with E-state index in [0.29, 0.717) is 5.02 Å². The number of hydrogen-bond donors (Lipinski definition) is 1. The molecule has 5 heteroatoms. The molecule has 0 bridgehead atoms. The first-order valence-corrected chi connectivity index (χ1v) is 6.67. The lowest BCUT2D eigenvalue weighted by Crippen LogP contribution is -2.42. The lowest BCUT2D eigenvalue weighted by atomic mass is 9.86. The van der Waals surface area contributed by atoms with E-state index in [-0.39, 0.29) is 30.3 Å². The number of methoxy groups -OCH3 is 1. The maximum atomic E-state index is 12.0. The van der Waals surface area contributed by atoms with Crippen molar-refractivity contribution in [1.82, 2.24) is 5.32 Å². The molecule has 1 aromatic rings. The van der Waals surface area contributed by atoms with Crippen molar-refractivity contribution in [2.24, 2.45) is 0 Å². The summed E-state index contributed by atoms with van der Waals surface area (Å²) in [5.74, 6) is -0.536. The molecule has 0 saturated carbocycles. The number of nitrogens with one attached hydrogen (secondary N) is 1. The Labute approximate surface area is 125 Å². The molecule has 1 aliphatic heterocycles. The van der Waals surface area contributed by atoms with Gasteiger partial charge in [0.25, 0.3) is 0 Å². The predicted molar refractivity (Wildman–Crippen MR) is 79.1 cm³/mol. The molecular formula is C14H19Cl2NO2. The molecule has 2 rings (SSSR count). The zero-order chi connectivity index (χ0) is 13.0. The average molecular weight is 304 g/mol. The third-order valence-corrected chi connectivity index (χ3v) is 3.79. The lowest BCUT2D eigenvalue weighted by molar-refractivity contribution is -0.143. The number of benzene rings is 1. The van der Waals surface area contributed by atoms with Crippen LogP contribution in [0.4, 0.5) is 0 Å².